The summed E-state index contributed by atoms with van der Waals surface area (Å²) in [6.45, 7) is 15.0. The quantitative estimate of drug-likeness (QED) is 0.471. The van der Waals surface area contributed by atoms with Crippen LogP contribution in [0.3, 0.4) is 0 Å². The number of nitrogens with zero attached hydrogens (tertiary/aromatic N) is 2. The minimum atomic E-state index is -3.97. The fraction of sp³-hybridized carbons (Fsp3) is 0.625. The van der Waals surface area contributed by atoms with Gasteiger partial charge in [-0.3, -0.25) is 4.90 Å². The third-order valence-electron chi connectivity index (χ3n) is 5.14. The highest BCUT2D eigenvalue weighted by Gasteiger charge is 2.28. The molecule has 9 heteroatoms. The van der Waals surface area contributed by atoms with Crippen LogP contribution in [0.5, 0.6) is 0 Å². The molecular formula is C24H38N4O4S. The normalized spacial score (nSPS) is 16.4. The molecule has 0 amide bonds. The second-order valence-electron chi connectivity index (χ2n) is 9.82. The van der Waals surface area contributed by atoms with Crippen LogP contribution in [0, 0.1) is 11.3 Å². The molecule has 8 nitrogen and oxygen atoms in total. The van der Waals surface area contributed by atoms with Gasteiger partial charge < -0.3 is 14.8 Å². The van der Waals surface area contributed by atoms with E-state index in [9.17, 15) is 13.7 Å². The van der Waals surface area contributed by atoms with Gasteiger partial charge in [-0.05, 0) is 64.8 Å². The maximum Gasteiger partial charge on any atom is 0.251 e. The van der Waals surface area contributed by atoms with E-state index in [4.69, 9.17) is 9.47 Å². The summed E-state index contributed by atoms with van der Waals surface area (Å²) in [6, 6.07) is 9.19. The lowest BCUT2D eigenvalue weighted by Crippen LogP contribution is -2.44. The standard InChI is InChI=1S/C24H38N4O4S/c1-23(2,3)32-15-10-24(4,5)27-33(29,30)22(19-25)18-20-6-8-21(9-7-20)26-11-12-28-13-16-31-17-14-28/h6-9,18,26-27H,10-17H2,1-5H3. The van der Waals surface area contributed by atoms with E-state index in [0.29, 0.717) is 18.6 Å². The van der Waals surface area contributed by atoms with Gasteiger partial charge in [0.2, 0.25) is 0 Å². The molecule has 0 aliphatic carbocycles. The number of hydrogen-bond acceptors (Lipinski definition) is 7. The average Bonchev–Trinajstić information content (AvgIpc) is 2.71. The number of anilines is 1. The van der Waals surface area contributed by atoms with E-state index in [1.165, 1.54) is 6.08 Å². The first-order valence-corrected chi connectivity index (χ1v) is 12.8. The highest BCUT2D eigenvalue weighted by Crippen LogP contribution is 2.19. The van der Waals surface area contributed by atoms with E-state index in [1.807, 2.05) is 39.0 Å². The molecule has 184 valence electrons. The molecule has 0 saturated carbocycles. The first kappa shape index (κ1) is 27.3. The van der Waals surface area contributed by atoms with Gasteiger partial charge in [0.1, 0.15) is 6.07 Å². The van der Waals surface area contributed by atoms with E-state index < -0.39 is 15.6 Å². The van der Waals surface area contributed by atoms with Crippen molar-refractivity contribution in [3.05, 3.63) is 34.7 Å². The number of hydrogen-bond donors (Lipinski definition) is 2. The molecule has 2 rings (SSSR count). The van der Waals surface area contributed by atoms with Crippen molar-refractivity contribution in [2.75, 3.05) is 51.3 Å². The van der Waals surface area contributed by atoms with Crippen LogP contribution in [0.15, 0.2) is 29.2 Å². The van der Waals surface area contributed by atoms with E-state index in [-0.39, 0.29) is 10.5 Å². The molecule has 0 aromatic heterocycles. The zero-order valence-corrected chi connectivity index (χ0v) is 21.3. The van der Waals surface area contributed by atoms with Gasteiger partial charge in [-0.1, -0.05) is 12.1 Å². The maximum atomic E-state index is 12.8. The van der Waals surface area contributed by atoms with Gasteiger partial charge in [0, 0.05) is 44.0 Å². The lowest BCUT2D eigenvalue weighted by Gasteiger charge is -2.28. The van der Waals surface area contributed by atoms with Crippen LogP contribution in [0.1, 0.15) is 46.6 Å². The molecule has 33 heavy (non-hydrogen) atoms. The van der Waals surface area contributed by atoms with Gasteiger partial charge >= 0.3 is 0 Å². The minimum absolute atomic E-state index is 0.295. The van der Waals surface area contributed by atoms with Gasteiger partial charge in [-0.15, -0.1) is 0 Å². The summed E-state index contributed by atoms with van der Waals surface area (Å²) in [6.07, 6.45) is 1.87. The highest BCUT2D eigenvalue weighted by atomic mass is 32.2. The smallest absolute Gasteiger partial charge is 0.251 e. The fourth-order valence-corrected chi connectivity index (χ4v) is 4.63. The van der Waals surface area contributed by atoms with Crippen molar-refractivity contribution in [1.82, 2.24) is 9.62 Å². The third kappa shape index (κ3) is 10.2. The van der Waals surface area contributed by atoms with Crippen molar-refractivity contribution in [2.24, 2.45) is 0 Å². The predicted octanol–water partition coefficient (Wildman–Crippen LogP) is 3.20. The van der Waals surface area contributed by atoms with Crippen molar-refractivity contribution in [1.29, 1.82) is 5.26 Å². The highest BCUT2D eigenvalue weighted by molar-refractivity contribution is 7.93. The zero-order chi connectivity index (χ0) is 24.5. The Morgan fingerprint density at radius 3 is 2.39 bits per heavy atom. The predicted molar refractivity (Wildman–Crippen MR) is 132 cm³/mol. The Hall–Kier alpha value is -1.96. The van der Waals surface area contributed by atoms with E-state index in [1.54, 1.807) is 26.0 Å². The SMILES string of the molecule is CC(C)(CCOC(C)(C)C)NS(=O)(=O)C(C#N)=Cc1ccc(NCCN2CCOCC2)cc1. The Balaban J connectivity index is 1.95. The number of nitriles is 1. The van der Waals surface area contributed by atoms with Gasteiger partial charge in [-0.2, -0.15) is 5.26 Å². The second kappa shape index (κ2) is 12.0. The summed E-state index contributed by atoms with van der Waals surface area (Å²) in [5, 5.41) is 12.9. The molecule has 1 heterocycles. The molecule has 1 saturated heterocycles. The molecular weight excluding hydrogens is 440 g/mol. The Labute approximate surface area is 199 Å². The van der Waals surface area contributed by atoms with Crippen molar-refractivity contribution < 1.29 is 17.9 Å². The number of ether oxygens (including phenoxy) is 2. The summed E-state index contributed by atoms with van der Waals surface area (Å²) < 4.78 is 39.4. The lowest BCUT2D eigenvalue weighted by molar-refractivity contribution is -0.0102. The van der Waals surface area contributed by atoms with Gasteiger partial charge in [0.05, 0.1) is 18.8 Å². The Morgan fingerprint density at radius 2 is 1.82 bits per heavy atom. The van der Waals surface area contributed by atoms with E-state index in [0.717, 1.165) is 45.1 Å². The van der Waals surface area contributed by atoms with Crippen LogP contribution in [0.2, 0.25) is 0 Å². The number of sulfonamides is 1. The van der Waals surface area contributed by atoms with Crippen LogP contribution in [-0.4, -0.2) is 70.5 Å². The maximum absolute atomic E-state index is 12.8. The van der Waals surface area contributed by atoms with Gasteiger partial charge in [0.15, 0.2) is 4.91 Å². The monoisotopic (exact) mass is 478 g/mol. The lowest BCUT2D eigenvalue weighted by atomic mass is 10.0. The van der Waals surface area contributed by atoms with Gasteiger partial charge in [0.25, 0.3) is 10.0 Å². The summed E-state index contributed by atoms with van der Waals surface area (Å²) >= 11 is 0. The molecule has 0 atom stereocenters. The van der Waals surface area contributed by atoms with E-state index in [2.05, 4.69) is 14.9 Å². The third-order valence-corrected chi connectivity index (χ3v) is 6.75. The summed E-state index contributed by atoms with van der Waals surface area (Å²) in [7, 11) is -3.97. The Morgan fingerprint density at radius 1 is 1.18 bits per heavy atom. The van der Waals surface area contributed by atoms with Crippen LogP contribution < -0.4 is 10.0 Å². The largest absolute Gasteiger partial charge is 0.384 e. The molecule has 1 aliphatic heterocycles. The van der Waals surface area contributed by atoms with Crippen LogP contribution >= 0.6 is 0 Å². The molecule has 2 N–H and O–H groups in total. The number of nitrogens with one attached hydrogen (secondary N) is 2. The average molecular weight is 479 g/mol. The summed E-state index contributed by atoms with van der Waals surface area (Å²) in [5.74, 6) is 0. The van der Waals surface area contributed by atoms with Crippen molar-refractivity contribution in [3.8, 4) is 6.07 Å². The first-order valence-electron chi connectivity index (χ1n) is 11.3. The molecule has 1 aromatic rings. The topological polar surface area (TPSA) is 104 Å². The van der Waals surface area contributed by atoms with Crippen LogP contribution in [0.25, 0.3) is 6.08 Å². The van der Waals surface area contributed by atoms with Crippen LogP contribution in [-0.2, 0) is 19.5 Å². The van der Waals surface area contributed by atoms with Crippen molar-refractivity contribution >= 4 is 21.8 Å². The molecule has 0 bridgehead atoms. The van der Waals surface area contributed by atoms with Crippen LogP contribution in [0.4, 0.5) is 5.69 Å². The summed E-state index contributed by atoms with van der Waals surface area (Å²) in [5.41, 5.74) is 0.536. The molecule has 0 spiro atoms. The van der Waals surface area contributed by atoms with Crippen molar-refractivity contribution in [2.45, 2.75) is 52.2 Å². The molecule has 0 radical (unpaired) electrons. The molecule has 1 fully saturated rings. The molecule has 0 unspecified atom stereocenters. The Kier molecular flexibility index (Phi) is 9.88. The van der Waals surface area contributed by atoms with Gasteiger partial charge in [-0.25, -0.2) is 13.1 Å². The zero-order valence-electron chi connectivity index (χ0n) is 20.5. The number of allylic oxidation sites excluding steroid dienone is 1. The molecule has 1 aliphatic rings. The first-order chi connectivity index (χ1) is 15.4. The number of rotatable bonds is 11. The Bertz CT molecular complexity index is 923. The molecule has 1 aromatic carbocycles. The van der Waals surface area contributed by atoms with Crippen molar-refractivity contribution in [3.63, 3.8) is 0 Å². The fourth-order valence-electron chi connectivity index (χ4n) is 3.28. The minimum Gasteiger partial charge on any atom is -0.384 e. The summed E-state index contributed by atoms with van der Waals surface area (Å²) in [4.78, 5) is 2.03. The number of morpholine rings is 1. The number of benzene rings is 1. The second-order valence-corrected chi connectivity index (χ2v) is 11.5. The van der Waals surface area contributed by atoms with E-state index >= 15 is 0 Å².